The van der Waals surface area contributed by atoms with Crippen LogP contribution in [-0.4, -0.2) is 11.3 Å². The number of hydrogen-bond acceptors (Lipinski definition) is 2. The van der Waals surface area contributed by atoms with Gasteiger partial charge >= 0.3 is 0 Å². The molecule has 2 aromatic carbocycles. The Morgan fingerprint density at radius 2 is 1.65 bits per heavy atom. The van der Waals surface area contributed by atoms with Crippen LogP contribution < -0.4 is 4.90 Å². The molecular formula is C17H14FNO. The quantitative estimate of drug-likeness (QED) is 0.899. The molecule has 0 amide bonds. The van der Waals surface area contributed by atoms with Gasteiger partial charge in [-0.05, 0) is 24.3 Å². The summed E-state index contributed by atoms with van der Waals surface area (Å²) in [6.07, 6.45) is 4.41. The summed E-state index contributed by atoms with van der Waals surface area (Å²) in [5, 5.41) is 10.1. The van der Waals surface area contributed by atoms with Gasteiger partial charge in [0.15, 0.2) is 0 Å². The van der Waals surface area contributed by atoms with E-state index >= 15 is 0 Å². The number of aliphatic hydroxyl groups is 1. The monoisotopic (exact) mass is 267 g/mol. The first-order valence-electron chi connectivity index (χ1n) is 6.42. The van der Waals surface area contributed by atoms with Crippen LogP contribution in [0.2, 0.25) is 0 Å². The summed E-state index contributed by atoms with van der Waals surface area (Å²) in [7, 11) is 0. The van der Waals surface area contributed by atoms with Gasteiger partial charge in [0.1, 0.15) is 12.0 Å². The fourth-order valence-corrected chi connectivity index (χ4v) is 2.23. The zero-order chi connectivity index (χ0) is 13.9. The van der Waals surface area contributed by atoms with Crippen LogP contribution in [0, 0.1) is 5.82 Å². The molecule has 0 fully saturated rings. The molecule has 1 N–H and O–H groups in total. The van der Waals surface area contributed by atoms with Crippen LogP contribution in [0.25, 0.3) is 5.57 Å². The minimum absolute atomic E-state index is 0.271. The average molecular weight is 267 g/mol. The number of anilines is 1. The SMILES string of the molecule is OC1C=CC(c2ccccc2F)=CN1c1ccccc1. The number of halogens is 1. The van der Waals surface area contributed by atoms with Crippen LogP contribution in [0.1, 0.15) is 5.56 Å². The highest BCUT2D eigenvalue weighted by molar-refractivity contribution is 5.78. The smallest absolute Gasteiger partial charge is 0.150 e. The molecule has 0 bridgehead atoms. The fraction of sp³-hybridized carbons (Fsp3) is 0.0588. The van der Waals surface area contributed by atoms with E-state index < -0.39 is 6.23 Å². The van der Waals surface area contributed by atoms with E-state index in [0.29, 0.717) is 5.56 Å². The predicted octanol–water partition coefficient (Wildman–Crippen LogP) is 3.56. The number of para-hydroxylation sites is 1. The molecule has 1 atom stereocenters. The molecular weight excluding hydrogens is 253 g/mol. The molecule has 0 aromatic heterocycles. The minimum Gasteiger partial charge on any atom is -0.370 e. The molecule has 1 heterocycles. The normalized spacial score (nSPS) is 18.0. The second-order valence-electron chi connectivity index (χ2n) is 4.58. The maximum atomic E-state index is 13.8. The van der Waals surface area contributed by atoms with Crippen molar-refractivity contribution in [3.63, 3.8) is 0 Å². The molecule has 0 saturated carbocycles. The standard InChI is InChI=1S/C17H14FNO/c18-16-9-5-4-8-15(16)13-10-11-17(20)19(12-13)14-6-2-1-3-7-14/h1-12,17,20H. The highest BCUT2D eigenvalue weighted by atomic mass is 19.1. The molecule has 100 valence electrons. The molecule has 20 heavy (non-hydrogen) atoms. The number of aliphatic hydroxyl groups excluding tert-OH is 1. The van der Waals surface area contributed by atoms with Gasteiger partial charge in [0.05, 0.1) is 0 Å². The maximum absolute atomic E-state index is 13.8. The average Bonchev–Trinajstić information content (AvgIpc) is 2.49. The van der Waals surface area contributed by atoms with Crippen LogP contribution in [0.15, 0.2) is 72.9 Å². The summed E-state index contributed by atoms with van der Waals surface area (Å²) in [5.74, 6) is -0.271. The van der Waals surface area contributed by atoms with Crippen molar-refractivity contribution in [2.45, 2.75) is 6.23 Å². The summed E-state index contributed by atoms with van der Waals surface area (Å²) in [6.45, 7) is 0. The Bertz CT molecular complexity index is 664. The van der Waals surface area contributed by atoms with E-state index in [1.807, 2.05) is 30.3 Å². The van der Waals surface area contributed by atoms with Crippen molar-refractivity contribution in [1.82, 2.24) is 0 Å². The molecule has 0 spiro atoms. The Kier molecular flexibility index (Phi) is 3.35. The molecule has 0 saturated heterocycles. The zero-order valence-electron chi connectivity index (χ0n) is 10.8. The van der Waals surface area contributed by atoms with Crippen LogP contribution in [0.5, 0.6) is 0 Å². The van der Waals surface area contributed by atoms with E-state index in [4.69, 9.17) is 0 Å². The van der Waals surface area contributed by atoms with Crippen LogP contribution in [0.3, 0.4) is 0 Å². The van der Waals surface area contributed by atoms with Gasteiger partial charge in [0.2, 0.25) is 0 Å². The summed E-state index contributed by atoms with van der Waals surface area (Å²) < 4.78 is 13.8. The summed E-state index contributed by atoms with van der Waals surface area (Å²) in [4.78, 5) is 1.71. The minimum atomic E-state index is -0.743. The van der Waals surface area contributed by atoms with Crippen molar-refractivity contribution in [1.29, 1.82) is 0 Å². The van der Waals surface area contributed by atoms with Gasteiger partial charge in [0, 0.05) is 23.0 Å². The Morgan fingerprint density at radius 1 is 0.950 bits per heavy atom. The molecule has 1 unspecified atom stereocenters. The van der Waals surface area contributed by atoms with Gasteiger partial charge in [-0.3, -0.25) is 0 Å². The van der Waals surface area contributed by atoms with Crippen molar-refractivity contribution >= 4 is 11.3 Å². The largest absolute Gasteiger partial charge is 0.370 e. The summed E-state index contributed by atoms with van der Waals surface area (Å²) >= 11 is 0. The lowest BCUT2D eigenvalue weighted by atomic mass is 10.0. The maximum Gasteiger partial charge on any atom is 0.150 e. The number of benzene rings is 2. The van der Waals surface area contributed by atoms with Gasteiger partial charge in [-0.25, -0.2) is 4.39 Å². The highest BCUT2D eigenvalue weighted by Crippen LogP contribution is 2.27. The topological polar surface area (TPSA) is 23.5 Å². The molecule has 3 rings (SSSR count). The zero-order valence-corrected chi connectivity index (χ0v) is 10.8. The lowest BCUT2D eigenvalue weighted by molar-refractivity contribution is 0.227. The summed E-state index contributed by atoms with van der Waals surface area (Å²) in [6, 6.07) is 16.1. The second kappa shape index (κ2) is 5.31. The third-order valence-corrected chi connectivity index (χ3v) is 3.25. The van der Waals surface area contributed by atoms with Crippen LogP contribution in [-0.2, 0) is 0 Å². The van der Waals surface area contributed by atoms with Crippen LogP contribution >= 0.6 is 0 Å². The summed E-state index contributed by atoms with van der Waals surface area (Å²) in [5.41, 5.74) is 2.12. The van der Waals surface area contributed by atoms with Gasteiger partial charge in [0.25, 0.3) is 0 Å². The van der Waals surface area contributed by atoms with Crippen molar-refractivity contribution < 1.29 is 9.50 Å². The van der Waals surface area contributed by atoms with E-state index in [9.17, 15) is 9.50 Å². The second-order valence-corrected chi connectivity index (χ2v) is 4.58. The molecule has 2 aromatic rings. The van der Waals surface area contributed by atoms with Crippen molar-refractivity contribution in [3.8, 4) is 0 Å². The first-order chi connectivity index (χ1) is 9.75. The molecule has 1 aliphatic rings. The van der Waals surface area contributed by atoms with Gasteiger partial charge in [-0.15, -0.1) is 0 Å². The van der Waals surface area contributed by atoms with Crippen molar-refractivity contribution in [2.75, 3.05) is 4.90 Å². The Labute approximate surface area is 117 Å². The lowest BCUT2D eigenvalue weighted by Crippen LogP contribution is -2.30. The number of nitrogens with zero attached hydrogens (tertiary/aromatic N) is 1. The molecule has 1 aliphatic heterocycles. The van der Waals surface area contributed by atoms with E-state index in [-0.39, 0.29) is 5.82 Å². The predicted molar refractivity (Wildman–Crippen MR) is 78.4 cm³/mol. The van der Waals surface area contributed by atoms with Crippen molar-refractivity contribution in [3.05, 3.63) is 84.3 Å². The van der Waals surface area contributed by atoms with E-state index in [0.717, 1.165) is 11.3 Å². The Balaban J connectivity index is 2.01. The molecule has 2 nitrogen and oxygen atoms in total. The molecule has 3 heteroatoms. The first-order valence-corrected chi connectivity index (χ1v) is 6.42. The number of allylic oxidation sites excluding steroid dienone is 2. The van der Waals surface area contributed by atoms with E-state index in [2.05, 4.69) is 0 Å². The van der Waals surface area contributed by atoms with E-state index in [1.54, 1.807) is 41.5 Å². The molecule has 0 radical (unpaired) electrons. The fourth-order valence-electron chi connectivity index (χ4n) is 2.23. The Morgan fingerprint density at radius 3 is 2.40 bits per heavy atom. The number of rotatable bonds is 2. The first kappa shape index (κ1) is 12.6. The van der Waals surface area contributed by atoms with Gasteiger partial charge in [-0.1, -0.05) is 42.5 Å². The number of hydrogen-bond donors (Lipinski definition) is 1. The lowest BCUT2D eigenvalue weighted by Gasteiger charge is -2.28. The molecule has 0 aliphatic carbocycles. The highest BCUT2D eigenvalue weighted by Gasteiger charge is 2.17. The Hall–Kier alpha value is -2.39. The van der Waals surface area contributed by atoms with E-state index in [1.165, 1.54) is 6.07 Å². The van der Waals surface area contributed by atoms with Gasteiger partial charge in [-0.2, -0.15) is 0 Å². The van der Waals surface area contributed by atoms with Gasteiger partial charge < -0.3 is 10.0 Å². The third kappa shape index (κ3) is 2.36. The van der Waals surface area contributed by atoms with Crippen LogP contribution in [0.4, 0.5) is 10.1 Å². The van der Waals surface area contributed by atoms with Crippen molar-refractivity contribution in [2.24, 2.45) is 0 Å². The third-order valence-electron chi connectivity index (χ3n) is 3.25.